The van der Waals surface area contributed by atoms with Gasteiger partial charge in [-0.2, -0.15) is 10.2 Å². The van der Waals surface area contributed by atoms with E-state index in [9.17, 15) is 9.18 Å². The van der Waals surface area contributed by atoms with Crippen molar-refractivity contribution in [3.05, 3.63) is 65.9 Å². The molecule has 1 amide bonds. The number of rotatable bonds is 5. The maximum absolute atomic E-state index is 13.2. The fraction of sp³-hybridized carbons (Fsp3) is 0.188. The molecular weight excluding hydrogens is 297 g/mol. The van der Waals surface area contributed by atoms with Crippen molar-refractivity contribution in [3.8, 4) is 0 Å². The van der Waals surface area contributed by atoms with Gasteiger partial charge in [-0.15, -0.1) is 0 Å². The van der Waals surface area contributed by atoms with Gasteiger partial charge in [0.1, 0.15) is 12.4 Å². The first-order chi connectivity index (χ1) is 11.1. The summed E-state index contributed by atoms with van der Waals surface area (Å²) in [6.07, 6.45) is 5.22. The number of nitrogens with one attached hydrogen (secondary N) is 1. The standard InChI is InChI=1S/C16H16FN5O/c1-12-8-18-22(9-12)11-16(23)19-15-5-6-21(20-15)10-13-3-2-4-14(17)7-13/h2-9H,10-11H2,1H3,(H,19,20,23). The SMILES string of the molecule is Cc1cnn(CC(=O)Nc2ccn(Cc3cccc(F)c3)n2)c1. The molecule has 1 aromatic carbocycles. The number of hydrogen-bond donors (Lipinski definition) is 1. The molecule has 0 aliphatic carbocycles. The van der Waals surface area contributed by atoms with Crippen LogP contribution in [0.15, 0.2) is 48.9 Å². The van der Waals surface area contributed by atoms with Crippen LogP contribution in [0.3, 0.4) is 0 Å². The second-order valence-electron chi connectivity index (χ2n) is 5.29. The summed E-state index contributed by atoms with van der Waals surface area (Å²) in [5, 5.41) is 11.0. The number of hydrogen-bond acceptors (Lipinski definition) is 3. The minimum absolute atomic E-state index is 0.130. The van der Waals surface area contributed by atoms with Crippen molar-refractivity contribution in [2.45, 2.75) is 20.0 Å². The molecule has 2 aromatic heterocycles. The number of halogens is 1. The van der Waals surface area contributed by atoms with Gasteiger partial charge in [0.05, 0.1) is 12.7 Å². The van der Waals surface area contributed by atoms with Crippen molar-refractivity contribution < 1.29 is 9.18 Å². The van der Waals surface area contributed by atoms with Gasteiger partial charge in [-0.3, -0.25) is 14.2 Å². The number of aromatic nitrogens is 4. The summed E-state index contributed by atoms with van der Waals surface area (Å²) in [5.74, 6) is -0.0305. The van der Waals surface area contributed by atoms with E-state index in [0.717, 1.165) is 11.1 Å². The van der Waals surface area contributed by atoms with Crippen molar-refractivity contribution in [2.75, 3.05) is 5.32 Å². The molecular formula is C16H16FN5O. The predicted molar refractivity (Wildman–Crippen MR) is 83.3 cm³/mol. The lowest BCUT2D eigenvalue weighted by Gasteiger charge is -2.03. The van der Waals surface area contributed by atoms with Crippen molar-refractivity contribution in [3.63, 3.8) is 0 Å². The largest absolute Gasteiger partial charge is 0.308 e. The van der Waals surface area contributed by atoms with Crippen molar-refractivity contribution >= 4 is 11.7 Å². The fourth-order valence-corrected chi connectivity index (χ4v) is 2.22. The van der Waals surface area contributed by atoms with Crippen LogP contribution in [0.25, 0.3) is 0 Å². The third-order valence-electron chi connectivity index (χ3n) is 3.21. The summed E-state index contributed by atoms with van der Waals surface area (Å²) < 4.78 is 16.4. The third-order valence-corrected chi connectivity index (χ3v) is 3.21. The van der Waals surface area contributed by atoms with E-state index in [-0.39, 0.29) is 18.3 Å². The lowest BCUT2D eigenvalue weighted by molar-refractivity contribution is -0.116. The van der Waals surface area contributed by atoms with Crippen LogP contribution < -0.4 is 5.32 Å². The lowest BCUT2D eigenvalue weighted by atomic mass is 10.2. The van der Waals surface area contributed by atoms with Gasteiger partial charge in [0.25, 0.3) is 0 Å². The molecule has 3 rings (SSSR count). The van der Waals surface area contributed by atoms with Crippen LogP contribution in [0.1, 0.15) is 11.1 Å². The highest BCUT2D eigenvalue weighted by atomic mass is 19.1. The van der Waals surface area contributed by atoms with Crippen LogP contribution in [-0.4, -0.2) is 25.5 Å². The molecule has 0 radical (unpaired) electrons. The van der Waals surface area contributed by atoms with Crippen LogP contribution in [0.5, 0.6) is 0 Å². The monoisotopic (exact) mass is 313 g/mol. The van der Waals surface area contributed by atoms with E-state index in [4.69, 9.17) is 0 Å². The summed E-state index contributed by atoms with van der Waals surface area (Å²) in [6.45, 7) is 2.48. The molecule has 1 N–H and O–H groups in total. The molecule has 0 bridgehead atoms. The Hall–Kier alpha value is -2.96. The first-order valence-corrected chi connectivity index (χ1v) is 7.15. The molecule has 0 aliphatic rings. The zero-order valence-electron chi connectivity index (χ0n) is 12.6. The van der Waals surface area contributed by atoms with Gasteiger partial charge < -0.3 is 5.32 Å². The Kier molecular flexibility index (Phi) is 4.18. The van der Waals surface area contributed by atoms with Crippen LogP contribution >= 0.6 is 0 Å². The molecule has 118 valence electrons. The zero-order valence-corrected chi connectivity index (χ0v) is 12.6. The van der Waals surface area contributed by atoms with Crippen LogP contribution in [0.4, 0.5) is 10.2 Å². The Labute approximate surface area is 132 Å². The van der Waals surface area contributed by atoms with E-state index < -0.39 is 0 Å². The number of carbonyl (C=O) groups is 1. The van der Waals surface area contributed by atoms with Gasteiger partial charge in [0, 0.05) is 18.5 Å². The van der Waals surface area contributed by atoms with Crippen molar-refractivity contribution in [1.29, 1.82) is 0 Å². The summed E-state index contributed by atoms with van der Waals surface area (Å²) in [6, 6.07) is 8.03. The van der Waals surface area contributed by atoms with Gasteiger partial charge in [-0.05, 0) is 30.2 Å². The lowest BCUT2D eigenvalue weighted by Crippen LogP contribution is -2.19. The molecule has 7 heteroatoms. The second kappa shape index (κ2) is 6.43. The van der Waals surface area contributed by atoms with E-state index in [1.807, 2.05) is 13.0 Å². The predicted octanol–water partition coefficient (Wildman–Crippen LogP) is 2.21. The summed E-state index contributed by atoms with van der Waals surface area (Å²) in [7, 11) is 0. The number of aryl methyl sites for hydroxylation is 1. The Morgan fingerprint density at radius 2 is 2.17 bits per heavy atom. The van der Waals surface area contributed by atoms with E-state index in [2.05, 4.69) is 15.5 Å². The number of carbonyl (C=O) groups excluding carboxylic acids is 1. The number of nitrogens with zero attached hydrogens (tertiary/aromatic N) is 4. The van der Waals surface area contributed by atoms with E-state index in [1.165, 1.54) is 12.1 Å². The van der Waals surface area contributed by atoms with Gasteiger partial charge in [0.2, 0.25) is 5.91 Å². The quantitative estimate of drug-likeness (QED) is 0.785. The average Bonchev–Trinajstić information content (AvgIpc) is 3.08. The maximum Gasteiger partial charge on any atom is 0.247 e. The normalized spacial score (nSPS) is 10.7. The summed E-state index contributed by atoms with van der Waals surface area (Å²) >= 11 is 0. The minimum Gasteiger partial charge on any atom is -0.308 e. The summed E-state index contributed by atoms with van der Waals surface area (Å²) in [5.41, 5.74) is 1.80. The Morgan fingerprint density at radius 3 is 2.91 bits per heavy atom. The highest BCUT2D eigenvalue weighted by molar-refractivity contribution is 5.89. The molecule has 6 nitrogen and oxygen atoms in total. The van der Waals surface area contributed by atoms with E-state index in [0.29, 0.717) is 12.4 Å². The van der Waals surface area contributed by atoms with Gasteiger partial charge >= 0.3 is 0 Å². The molecule has 0 spiro atoms. The van der Waals surface area contributed by atoms with Gasteiger partial charge in [0.15, 0.2) is 5.82 Å². The maximum atomic E-state index is 13.2. The molecule has 23 heavy (non-hydrogen) atoms. The Bertz CT molecular complexity index is 823. The number of amides is 1. The van der Waals surface area contributed by atoms with Crippen LogP contribution in [0.2, 0.25) is 0 Å². The molecule has 0 saturated carbocycles. The van der Waals surface area contributed by atoms with Crippen molar-refractivity contribution in [1.82, 2.24) is 19.6 Å². The molecule has 3 aromatic rings. The average molecular weight is 313 g/mol. The highest BCUT2D eigenvalue weighted by Gasteiger charge is 2.07. The van der Waals surface area contributed by atoms with Crippen LogP contribution in [-0.2, 0) is 17.9 Å². The second-order valence-corrected chi connectivity index (χ2v) is 5.29. The number of benzene rings is 1. The van der Waals surface area contributed by atoms with E-state index >= 15 is 0 Å². The van der Waals surface area contributed by atoms with Gasteiger partial charge in [-0.1, -0.05) is 12.1 Å². The van der Waals surface area contributed by atoms with E-state index in [1.54, 1.807) is 40.1 Å². The Morgan fingerprint density at radius 1 is 1.30 bits per heavy atom. The first kappa shape index (κ1) is 15.0. The highest BCUT2D eigenvalue weighted by Crippen LogP contribution is 2.08. The summed E-state index contributed by atoms with van der Waals surface area (Å²) in [4.78, 5) is 11.9. The molecule has 2 heterocycles. The van der Waals surface area contributed by atoms with Gasteiger partial charge in [-0.25, -0.2) is 4.39 Å². The minimum atomic E-state index is -0.280. The zero-order chi connectivity index (χ0) is 16.2. The van der Waals surface area contributed by atoms with Crippen molar-refractivity contribution in [2.24, 2.45) is 0 Å². The topological polar surface area (TPSA) is 64.7 Å². The fourth-order valence-electron chi connectivity index (χ4n) is 2.22. The molecule has 0 atom stereocenters. The van der Waals surface area contributed by atoms with Crippen LogP contribution in [0, 0.1) is 12.7 Å². The number of anilines is 1. The Balaban J connectivity index is 1.59. The smallest absolute Gasteiger partial charge is 0.247 e. The molecule has 0 unspecified atom stereocenters. The molecule has 0 aliphatic heterocycles. The molecule has 0 fully saturated rings. The third kappa shape index (κ3) is 4.03. The molecule has 0 saturated heterocycles. The first-order valence-electron chi connectivity index (χ1n) is 7.15.